The Labute approximate surface area is 99.1 Å². The molecule has 0 fully saturated rings. The molecule has 90 valence electrons. The third-order valence-electron chi connectivity index (χ3n) is 2.36. The van der Waals surface area contributed by atoms with Crippen molar-refractivity contribution in [2.24, 2.45) is 5.14 Å². The predicted molar refractivity (Wildman–Crippen MR) is 61.7 cm³/mol. The molecule has 2 N–H and O–H groups in total. The van der Waals surface area contributed by atoms with Crippen LogP contribution in [-0.4, -0.2) is 23.4 Å². The third kappa shape index (κ3) is 2.69. The Morgan fingerprint density at radius 1 is 1.41 bits per heavy atom. The molecule has 17 heavy (non-hydrogen) atoms. The number of primary sulfonamides is 1. The van der Waals surface area contributed by atoms with Gasteiger partial charge in [0.05, 0.1) is 17.6 Å². The summed E-state index contributed by atoms with van der Waals surface area (Å²) in [7, 11) is -3.65. The number of hydrogen-bond acceptors (Lipinski definition) is 4. The van der Waals surface area contributed by atoms with Gasteiger partial charge in [-0.3, -0.25) is 0 Å². The van der Waals surface area contributed by atoms with E-state index in [9.17, 15) is 8.42 Å². The number of sulfonamides is 1. The van der Waals surface area contributed by atoms with Gasteiger partial charge >= 0.3 is 0 Å². The van der Waals surface area contributed by atoms with Crippen LogP contribution in [0.4, 0.5) is 0 Å². The first-order valence-electron chi connectivity index (χ1n) is 4.93. The maximum Gasteiger partial charge on any atom is 0.238 e. The number of aromatic nitrogens is 3. The fourth-order valence-electron chi connectivity index (χ4n) is 1.63. The lowest BCUT2D eigenvalue weighted by Gasteiger charge is -2.06. The van der Waals surface area contributed by atoms with E-state index in [4.69, 9.17) is 5.14 Å². The van der Waals surface area contributed by atoms with Crippen molar-refractivity contribution in [2.45, 2.75) is 18.4 Å². The number of hydrogen-bond donors (Lipinski definition) is 1. The largest absolute Gasteiger partial charge is 0.248 e. The molecule has 7 heteroatoms. The Hall–Kier alpha value is -1.73. The average molecular weight is 252 g/mol. The van der Waals surface area contributed by atoms with Gasteiger partial charge in [0.2, 0.25) is 10.0 Å². The summed E-state index contributed by atoms with van der Waals surface area (Å²) in [6, 6.07) is 5.01. The van der Waals surface area contributed by atoms with E-state index in [0.717, 1.165) is 5.56 Å². The minimum Gasteiger partial charge on any atom is -0.248 e. The topological polar surface area (TPSA) is 90.9 Å². The molecular weight excluding hydrogens is 240 g/mol. The van der Waals surface area contributed by atoms with Crippen LogP contribution in [0.5, 0.6) is 0 Å². The molecule has 0 bridgehead atoms. The Morgan fingerprint density at radius 3 is 2.71 bits per heavy atom. The highest BCUT2D eigenvalue weighted by atomic mass is 32.2. The van der Waals surface area contributed by atoms with Crippen LogP contribution in [0.2, 0.25) is 0 Å². The lowest BCUT2D eigenvalue weighted by atomic mass is 10.1. The van der Waals surface area contributed by atoms with Gasteiger partial charge in [0.15, 0.2) is 0 Å². The standard InChI is InChI=1S/C10H12N4O2S/c1-8-6-9(7-14-5-4-12-13-14)2-3-10(8)17(11,15)16/h2-6H,7H2,1H3,(H2,11,15,16). The van der Waals surface area contributed by atoms with Crippen molar-refractivity contribution in [1.29, 1.82) is 0 Å². The highest BCUT2D eigenvalue weighted by molar-refractivity contribution is 7.89. The summed E-state index contributed by atoms with van der Waals surface area (Å²) in [6.45, 7) is 2.26. The second kappa shape index (κ2) is 4.27. The van der Waals surface area contributed by atoms with Crippen LogP contribution in [0.25, 0.3) is 0 Å². The van der Waals surface area contributed by atoms with Crippen molar-refractivity contribution in [2.75, 3.05) is 0 Å². The minimum absolute atomic E-state index is 0.153. The van der Waals surface area contributed by atoms with Gasteiger partial charge in [-0.2, -0.15) is 0 Å². The zero-order chi connectivity index (χ0) is 12.5. The van der Waals surface area contributed by atoms with E-state index < -0.39 is 10.0 Å². The quantitative estimate of drug-likeness (QED) is 0.849. The highest BCUT2D eigenvalue weighted by Crippen LogP contribution is 2.15. The maximum atomic E-state index is 11.2. The van der Waals surface area contributed by atoms with E-state index in [0.29, 0.717) is 12.1 Å². The molecule has 0 saturated carbocycles. The van der Waals surface area contributed by atoms with Gasteiger partial charge in [-0.1, -0.05) is 17.3 Å². The second-order valence-electron chi connectivity index (χ2n) is 3.75. The lowest BCUT2D eigenvalue weighted by molar-refractivity contribution is 0.597. The van der Waals surface area contributed by atoms with Gasteiger partial charge in [-0.25, -0.2) is 18.2 Å². The molecule has 0 amide bonds. The second-order valence-corrected chi connectivity index (χ2v) is 5.28. The molecule has 0 aliphatic rings. The number of benzene rings is 1. The van der Waals surface area contributed by atoms with Crippen molar-refractivity contribution < 1.29 is 8.42 Å². The first-order valence-corrected chi connectivity index (χ1v) is 6.48. The summed E-state index contributed by atoms with van der Waals surface area (Å²) < 4.78 is 24.1. The van der Waals surface area contributed by atoms with E-state index in [1.165, 1.54) is 6.07 Å². The number of rotatable bonds is 3. The van der Waals surface area contributed by atoms with Crippen LogP contribution < -0.4 is 5.14 Å². The van der Waals surface area contributed by atoms with Gasteiger partial charge in [-0.05, 0) is 24.1 Å². The molecule has 2 rings (SSSR count). The first-order chi connectivity index (χ1) is 7.97. The summed E-state index contributed by atoms with van der Waals surface area (Å²) in [5.74, 6) is 0. The molecule has 6 nitrogen and oxygen atoms in total. The fourth-order valence-corrected chi connectivity index (χ4v) is 2.40. The van der Waals surface area contributed by atoms with Crippen molar-refractivity contribution in [3.8, 4) is 0 Å². The zero-order valence-electron chi connectivity index (χ0n) is 9.24. The van der Waals surface area contributed by atoms with Crippen LogP contribution >= 0.6 is 0 Å². The summed E-state index contributed by atoms with van der Waals surface area (Å²) in [4.78, 5) is 0.153. The van der Waals surface area contributed by atoms with E-state index in [1.54, 1.807) is 36.1 Å². The molecule has 0 unspecified atom stereocenters. The van der Waals surface area contributed by atoms with Crippen LogP contribution in [-0.2, 0) is 16.6 Å². The summed E-state index contributed by atoms with van der Waals surface area (Å²) in [5, 5.41) is 12.6. The van der Waals surface area contributed by atoms with Gasteiger partial charge in [-0.15, -0.1) is 5.10 Å². The summed E-state index contributed by atoms with van der Waals surface area (Å²) in [5.41, 5.74) is 1.57. The Morgan fingerprint density at radius 2 is 2.18 bits per heavy atom. The highest BCUT2D eigenvalue weighted by Gasteiger charge is 2.11. The SMILES string of the molecule is Cc1cc(Cn2ccnn2)ccc1S(N)(=O)=O. The maximum absolute atomic E-state index is 11.2. The number of aryl methyl sites for hydroxylation is 1. The van der Waals surface area contributed by atoms with E-state index in [1.807, 2.05) is 0 Å². The van der Waals surface area contributed by atoms with Gasteiger partial charge in [0.1, 0.15) is 0 Å². The molecule has 0 aliphatic carbocycles. The Kier molecular flexibility index (Phi) is 2.95. The van der Waals surface area contributed by atoms with Gasteiger partial charge in [0.25, 0.3) is 0 Å². The number of nitrogens with zero attached hydrogens (tertiary/aromatic N) is 3. The molecule has 1 heterocycles. The lowest BCUT2D eigenvalue weighted by Crippen LogP contribution is -2.14. The Balaban J connectivity index is 2.32. The van der Waals surface area contributed by atoms with Crippen molar-refractivity contribution in [3.63, 3.8) is 0 Å². The van der Waals surface area contributed by atoms with E-state index in [2.05, 4.69) is 10.3 Å². The molecule has 0 radical (unpaired) electrons. The molecule has 0 saturated heterocycles. The van der Waals surface area contributed by atoms with Crippen LogP contribution in [0, 0.1) is 6.92 Å². The van der Waals surface area contributed by atoms with Crippen LogP contribution in [0.3, 0.4) is 0 Å². The molecule has 0 spiro atoms. The molecular formula is C10H12N4O2S. The van der Waals surface area contributed by atoms with Crippen molar-refractivity contribution >= 4 is 10.0 Å². The molecule has 2 aromatic rings. The monoisotopic (exact) mass is 252 g/mol. The molecule has 1 aromatic heterocycles. The van der Waals surface area contributed by atoms with E-state index >= 15 is 0 Å². The summed E-state index contributed by atoms with van der Waals surface area (Å²) >= 11 is 0. The molecule has 1 aromatic carbocycles. The normalized spacial score (nSPS) is 11.6. The zero-order valence-corrected chi connectivity index (χ0v) is 10.1. The predicted octanol–water partition coefficient (Wildman–Crippen LogP) is 0.282. The number of nitrogens with two attached hydrogens (primary N) is 1. The Bertz CT molecular complexity index is 620. The minimum atomic E-state index is -3.65. The van der Waals surface area contributed by atoms with Crippen molar-refractivity contribution in [1.82, 2.24) is 15.0 Å². The van der Waals surface area contributed by atoms with E-state index in [-0.39, 0.29) is 4.90 Å². The van der Waals surface area contributed by atoms with Gasteiger partial charge in [0, 0.05) is 6.20 Å². The first kappa shape index (κ1) is 11.7. The third-order valence-corrected chi connectivity index (χ3v) is 3.43. The molecule has 0 aliphatic heterocycles. The smallest absolute Gasteiger partial charge is 0.238 e. The van der Waals surface area contributed by atoms with Gasteiger partial charge < -0.3 is 0 Å². The average Bonchev–Trinajstić information content (AvgIpc) is 2.68. The molecule has 0 atom stereocenters. The van der Waals surface area contributed by atoms with Crippen molar-refractivity contribution in [3.05, 3.63) is 41.7 Å². The van der Waals surface area contributed by atoms with Crippen LogP contribution in [0.15, 0.2) is 35.5 Å². The summed E-state index contributed by atoms with van der Waals surface area (Å²) in [6.07, 6.45) is 3.33. The van der Waals surface area contributed by atoms with Crippen LogP contribution in [0.1, 0.15) is 11.1 Å². The fraction of sp³-hybridized carbons (Fsp3) is 0.200.